The summed E-state index contributed by atoms with van der Waals surface area (Å²) in [5.74, 6) is -0.344. The van der Waals surface area contributed by atoms with Crippen molar-refractivity contribution >= 4 is 34.2 Å². The van der Waals surface area contributed by atoms with Crippen LogP contribution in [0.5, 0.6) is 0 Å². The van der Waals surface area contributed by atoms with Gasteiger partial charge in [0.1, 0.15) is 0 Å². The van der Waals surface area contributed by atoms with Gasteiger partial charge in [0.05, 0.1) is 5.52 Å². The van der Waals surface area contributed by atoms with Crippen molar-refractivity contribution in [2.24, 2.45) is 5.92 Å². The number of pyridine rings is 1. The maximum atomic E-state index is 10.5. The summed E-state index contributed by atoms with van der Waals surface area (Å²) in [7, 11) is 0. The van der Waals surface area contributed by atoms with Gasteiger partial charge in [-0.05, 0) is 43.0 Å². The Kier molecular flexibility index (Phi) is 5.39. The molecule has 1 aromatic heterocycles. The van der Waals surface area contributed by atoms with Gasteiger partial charge in [-0.15, -0.1) is 0 Å². The fraction of sp³-hybridized carbons (Fsp3) is 0.375. The predicted octanol–water partition coefficient (Wildman–Crippen LogP) is 4.19. The van der Waals surface area contributed by atoms with Crippen molar-refractivity contribution in [3.63, 3.8) is 0 Å². The molecule has 21 heavy (non-hydrogen) atoms. The van der Waals surface area contributed by atoms with E-state index in [0.717, 1.165) is 29.6 Å². The van der Waals surface area contributed by atoms with Crippen LogP contribution in [0, 0.1) is 5.92 Å². The van der Waals surface area contributed by atoms with Crippen molar-refractivity contribution in [1.82, 2.24) is 4.98 Å². The first-order valence-corrected chi connectivity index (χ1v) is 7.44. The summed E-state index contributed by atoms with van der Waals surface area (Å²) in [5, 5.41) is 13.8. The summed E-state index contributed by atoms with van der Waals surface area (Å²) in [5.41, 5.74) is 1.90. The minimum atomic E-state index is -0.730. The first-order valence-electron chi connectivity index (χ1n) is 7.06. The number of aliphatic carboxylic acids is 1. The Morgan fingerprint density at radius 3 is 2.95 bits per heavy atom. The van der Waals surface area contributed by atoms with Crippen molar-refractivity contribution in [2.75, 3.05) is 11.9 Å². The molecular formula is C16H19ClN2O2. The monoisotopic (exact) mass is 306 g/mol. The molecule has 2 N–H and O–H groups in total. The fourth-order valence-electron chi connectivity index (χ4n) is 2.24. The Balaban J connectivity index is 1.93. The second-order valence-corrected chi connectivity index (χ2v) is 5.71. The number of carboxylic acids is 1. The summed E-state index contributed by atoms with van der Waals surface area (Å²) < 4.78 is 0. The van der Waals surface area contributed by atoms with Crippen LogP contribution >= 0.6 is 11.6 Å². The van der Waals surface area contributed by atoms with Gasteiger partial charge in [0.25, 0.3) is 0 Å². The molecule has 1 atom stereocenters. The van der Waals surface area contributed by atoms with Gasteiger partial charge in [0, 0.05) is 35.3 Å². The van der Waals surface area contributed by atoms with Crippen LogP contribution in [-0.4, -0.2) is 22.6 Å². The van der Waals surface area contributed by atoms with E-state index in [4.69, 9.17) is 16.7 Å². The van der Waals surface area contributed by atoms with Gasteiger partial charge in [0.2, 0.25) is 0 Å². The summed E-state index contributed by atoms with van der Waals surface area (Å²) in [6.45, 7) is 2.89. The minimum absolute atomic E-state index is 0.234. The van der Waals surface area contributed by atoms with Gasteiger partial charge < -0.3 is 10.4 Å². The van der Waals surface area contributed by atoms with Crippen LogP contribution in [0.4, 0.5) is 5.69 Å². The molecule has 0 spiro atoms. The highest BCUT2D eigenvalue weighted by atomic mass is 35.5. The fourth-order valence-corrected chi connectivity index (χ4v) is 2.41. The number of carboxylic acid groups (broad SMARTS) is 1. The summed E-state index contributed by atoms with van der Waals surface area (Å²) in [4.78, 5) is 14.8. The van der Waals surface area contributed by atoms with Crippen molar-refractivity contribution in [1.29, 1.82) is 0 Å². The van der Waals surface area contributed by atoms with E-state index >= 15 is 0 Å². The van der Waals surface area contributed by atoms with Crippen molar-refractivity contribution in [3.8, 4) is 0 Å². The Hall–Kier alpha value is -1.81. The van der Waals surface area contributed by atoms with Gasteiger partial charge in [-0.1, -0.05) is 18.5 Å². The first kappa shape index (κ1) is 15.6. The summed E-state index contributed by atoms with van der Waals surface area (Å²) in [6, 6.07) is 7.60. The van der Waals surface area contributed by atoms with E-state index in [1.807, 2.05) is 24.3 Å². The Labute approximate surface area is 129 Å². The van der Waals surface area contributed by atoms with E-state index in [0.29, 0.717) is 17.4 Å². The third kappa shape index (κ3) is 4.60. The standard InChI is InChI=1S/C16H19ClN2O2/c1-11(2-5-16(20)21)6-8-18-14-7-9-19-15-10-12(17)3-4-13(14)15/h3-4,7,9-11H,2,5-6,8H2,1H3,(H,18,19)(H,20,21). The van der Waals surface area contributed by atoms with Gasteiger partial charge in [-0.2, -0.15) is 0 Å². The molecule has 0 aliphatic rings. The van der Waals surface area contributed by atoms with E-state index in [2.05, 4.69) is 17.2 Å². The van der Waals surface area contributed by atoms with Crippen LogP contribution in [0.2, 0.25) is 5.02 Å². The van der Waals surface area contributed by atoms with E-state index in [1.165, 1.54) is 0 Å². The molecule has 2 aromatic rings. The van der Waals surface area contributed by atoms with Crippen LogP contribution in [0.15, 0.2) is 30.5 Å². The molecule has 0 radical (unpaired) electrons. The second-order valence-electron chi connectivity index (χ2n) is 5.27. The zero-order valence-corrected chi connectivity index (χ0v) is 12.7. The Morgan fingerprint density at radius 1 is 1.38 bits per heavy atom. The number of hydrogen-bond donors (Lipinski definition) is 2. The van der Waals surface area contributed by atoms with Gasteiger partial charge in [-0.3, -0.25) is 9.78 Å². The van der Waals surface area contributed by atoms with Crippen LogP contribution in [0.3, 0.4) is 0 Å². The lowest BCUT2D eigenvalue weighted by atomic mass is 10.0. The Bertz CT molecular complexity index is 631. The highest BCUT2D eigenvalue weighted by molar-refractivity contribution is 6.31. The lowest BCUT2D eigenvalue weighted by Crippen LogP contribution is -2.08. The maximum absolute atomic E-state index is 10.5. The molecule has 1 heterocycles. The number of anilines is 1. The van der Waals surface area contributed by atoms with Crippen molar-refractivity contribution in [2.45, 2.75) is 26.2 Å². The summed E-state index contributed by atoms with van der Waals surface area (Å²) in [6.07, 6.45) is 3.64. The second kappa shape index (κ2) is 7.27. The van der Waals surface area contributed by atoms with Crippen LogP contribution in [0.1, 0.15) is 26.2 Å². The zero-order valence-electron chi connectivity index (χ0n) is 12.0. The van der Waals surface area contributed by atoms with E-state index in [1.54, 1.807) is 6.20 Å². The summed E-state index contributed by atoms with van der Waals surface area (Å²) >= 11 is 5.97. The third-order valence-corrected chi connectivity index (χ3v) is 3.74. The molecule has 4 nitrogen and oxygen atoms in total. The topological polar surface area (TPSA) is 62.2 Å². The number of carbonyl (C=O) groups is 1. The van der Waals surface area contributed by atoms with Crippen LogP contribution in [0.25, 0.3) is 10.9 Å². The maximum Gasteiger partial charge on any atom is 0.303 e. The Morgan fingerprint density at radius 2 is 2.19 bits per heavy atom. The van der Waals surface area contributed by atoms with Gasteiger partial charge in [-0.25, -0.2) is 0 Å². The van der Waals surface area contributed by atoms with Gasteiger partial charge >= 0.3 is 5.97 Å². The molecule has 0 saturated heterocycles. The molecule has 0 bridgehead atoms. The van der Waals surface area contributed by atoms with Crippen molar-refractivity contribution in [3.05, 3.63) is 35.5 Å². The average molecular weight is 307 g/mol. The smallest absolute Gasteiger partial charge is 0.303 e. The number of rotatable bonds is 7. The largest absolute Gasteiger partial charge is 0.481 e. The molecule has 0 saturated carbocycles. The highest BCUT2D eigenvalue weighted by Crippen LogP contribution is 2.24. The third-order valence-electron chi connectivity index (χ3n) is 3.51. The molecule has 0 aliphatic heterocycles. The first-order chi connectivity index (χ1) is 10.1. The SMILES string of the molecule is CC(CCNc1ccnc2cc(Cl)ccc12)CCC(=O)O. The molecule has 0 amide bonds. The molecule has 112 valence electrons. The molecule has 1 unspecified atom stereocenters. The minimum Gasteiger partial charge on any atom is -0.481 e. The quantitative estimate of drug-likeness (QED) is 0.805. The normalized spacial score (nSPS) is 12.3. The number of nitrogens with zero attached hydrogens (tertiary/aromatic N) is 1. The number of nitrogens with one attached hydrogen (secondary N) is 1. The van der Waals surface area contributed by atoms with Crippen LogP contribution in [-0.2, 0) is 4.79 Å². The molecule has 2 rings (SSSR count). The number of halogens is 1. The lowest BCUT2D eigenvalue weighted by molar-refractivity contribution is -0.137. The highest BCUT2D eigenvalue weighted by Gasteiger charge is 2.06. The van der Waals surface area contributed by atoms with Crippen LogP contribution < -0.4 is 5.32 Å². The molecule has 1 aromatic carbocycles. The van der Waals surface area contributed by atoms with E-state index < -0.39 is 5.97 Å². The number of fused-ring (bicyclic) bond motifs is 1. The van der Waals surface area contributed by atoms with E-state index in [9.17, 15) is 4.79 Å². The van der Waals surface area contributed by atoms with Crippen molar-refractivity contribution < 1.29 is 9.90 Å². The molecular weight excluding hydrogens is 288 g/mol. The zero-order chi connectivity index (χ0) is 15.2. The molecule has 0 fully saturated rings. The van der Waals surface area contributed by atoms with E-state index in [-0.39, 0.29) is 6.42 Å². The predicted molar refractivity (Wildman–Crippen MR) is 85.9 cm³/mol. The van der Waals surface area contributed by atoms with Gasteiger partial charge in [0.15, 0.2) is 0 Å². The average Bonchev–Trinajstić information content (AvgIpc) is 2.45. The number of benzene rings is 1. The molecule has 0 aliphatic carbocycles. The lowest BCUT2D eigenvalue weighted by Gasteiger charge is -2.13. The number of aromatic nitrogens is 1. The molecule has 5 heteroatoms. The number of hydrogen-bond acceptors (Lipinski definition) is 3.